The Morgan fingerprint density at radius 3 is 2.62 bits per heavy atom. The van der Waals surface area contributed by atoms with Gasteiger partial charge in [0.15, 0.2) is 0 Å². The van der Waals surface area contributed by atoms with Gasteiger partial charge in [-0.05, 0) is 49.2 Å². The molecule has 1 saturated heterocycles. The number of morpholine rings is 1. The average molecular weight is 398 g/mol. The van der Waals surface area contributed by atoms with E-state index in [0.717, 1.165) is 44.0 Å². The number of ether oxygens (including phenoxy) is 1. The molecule has 1 aromatic heterocycles. The molecule has 3 rings (SSSR count). The zero-order valence-corrected chi connectivity index (χ0v) is 16.9. The number of carbonyl (C=O) groups excluding carboxylic acids is 2. The molecule has 0 saturated carbocycles. The van der Waals surface area contributed by atoms with Crippen molar-refractivity contribution in [3.05, 3.63) is 64.7 Å². The van der Waals surface area contributed by atoms with Crippen molar-refractivity contribution in [3.8, 4) is 0 Å². The van der Waals surface area contributed by atoms with Crippen LogP contribution in [0.3, 0.4) is 0 Å². The molecule has 2 aromatic rings. The summed E-state index contributed by atoms with van der Waals surface area (Å²) in [6, 6.07) is 8.92. The van der Waals surface area contributed by atoms with E-state index in [-0.39, 0.29) is 17.5 Å². The van der Waals surface area contributed by atoms with E-state index in [2.05, 4.69) is 10.6 Å². The topological polar surface area (TPSA) is 85.0 Å². The monoisotopic (exact) mass is 398 g/mol. The van der Waals surface area contributed by atoms with Crippen molar-refractivity contribution >= 4 is 17.9 Å². The lowest BCUT2D eigenvalue weighted by molar-refractivity contribution is -0.906. The van der Waals surface area contributed by atoms with Gasteiger partial charge in [-0.25, -0.2) is 0 Å². The number of hydrogen-bond donors (Lipinski definition) is 3. The third-order valence-corrected chi connectivity index (χ3v) is 5.06. The number of quaternary nitrogens is 1. The van der Waals surface area contributed by atoms with Gasteiger partial charge in [-0.15, -0.1) is 0 Å². The smallest absolute Gasteiger partial charge is 0.268 e. The SMILES string of the molecule is Cc1ccc(C(=O)N/C(=C/c2ccco2)C(=O)NCC[NH+]2CCOCC2)cc1C. The molecule has 0 unspecified atom stereocenters. The van der Waals surface area contributed by atoms with Gasteiger partial charge in [0.25, 0.3) is 11.8 Å². The molecule has 0 radical (unpaired) electrons. The molecule has 7 heteroatoms. The maximum Gasteiger partial charge on any atom is 0.268 e. The minimum atomic E-state index is -0.341. The van der Waals surface area contributed by atoms with Gasteiger partial charge in [0.2, 0.25) is 0 Å². The summed E-state index contributed by atoms with van der Waals surface area (Å²) in [4.78, 5) is 26.8. The molecule has 0 atom stereocenters. The highest BCUT2D eigenvalue weighted by Gasteiger charge is 2.17. The van der Waals surface area contributed by atoms with Crippen LogP contribution in [0.4, 0.5) is 0 Å². The van der Waals surface area contributed by atoms with E-state index in [1.807, 2.05) is 26.0 Å². The third-order valence-electron chi connectivity index (χ3n) is 5.06. The average Bonchev–Trinajstić information content (AvgIpc) is 3.23. The summed E-state index contributed by atoms with van der Waals surface area (Å²) in [7, 11) is 0. The van der Waals surface area contributed by atoms with Gasteiger partial charge < -0.3 is 24.7 Å². The van der Waals surface area contributed by atoms with Gasteiger partial charge in [-0.3, -0.25) is 9.59 Å². The molecular weight excluding hydrogens is 370 g/mol. The number of nitrogens with one attached hydrogen (secondary N) is 3. The molecule has 0 aliphatic carbocycles. The summed E-state index contributed by atoms with van der Waals surface area (Å²) in [6.07, 6.45) is 3.06. The highest BCUT2D eigenvalue weighted by molar-refractivity contribution is 6.05. The summed E-state index contributed by atoms with van der Waals surface area (Å²) >= 11 is 0. The molecule has 1 aromatic carbocycles. The number of amides is 2. The van der Waals surface area contributed by atoms with Crippen molar-refractivity contribution in [2.75, 3.05) is 39.4 Å². The fourth-order valence-corrected chi connectivity index (χ4v) is 3.11. The second-order valence-corrected chi connectivity index (χ2v) is 7.19. The molecule has 0 spiro atoms. The van der Waals surface area contributed by atoms with Crippen molar-refractivity contribution in [3.63, 3.8) is 0 Å². The minimum Gasteiger partial charge on any atom is -0.465 e. The quantitative estimate of drug-likeness (QED) is 0.600. The summed E-state index contributed by atoms with van der Waals surface area (Å²) in [5.74, 6) is -0.180. The Kier molecular flexibility index (Phi) is 7.21. The first-order valence-corrected chi connectivity index (χ1v) is 9.86. The van der Waals surface area contributed by atoms with E-state index < -0.39 is 0 Å². The second-order valence-electron chi connectivity index (χ2n) is 7.19. The first-order valence-electron chi connectivity index (χ1n) is 9.86. The summed E-state index contributed by atoms with van der Waals surface area (Å²) in [5.41, 5.74) is 2.78. The van der Waals surface area contributed by atoms with Gasteiger partial charge in [-0.1, -0.05) is 6.07 Å². The molecule has 3 N–H and O–H groups in total. The minimum absolute atomic E-state index is 0.153. The van der Waals surface area contributed by atoms with Gasteiger partial charge in [-0.2, -0.15) is 0 Å². The molecule has 2 heterocycles. The summed E-state index contributed by atoms with van der Waals surface area (Å²) < 4.78 is 10.7. The predicted molar refractivity (Wildman–Crippen MR) is 109 cm³/mol. The first kappa shape index (κ1) is 20.8. The lowest BCUT2D eigenvalue weighted by atomic mass is 10.1. The van der Waals surface area contributed by atoms with Gasteiger partial charge in [0.1, 0.15) is 24.5 Å². The van der Waals surface area contributed by atoms with Crippen molar-refractivity contribution in [1.29, 1.82) is 0 Å². The Labute approximate surface area is 170 Å². The van der Waals surface area contributed by atoms with Crippen molar-refractivity contribution in [2.45, 2.75) is 13.8 Å². The molecule has 2 amide bonds. The predicted octanol–water partition coefficient (Wildman–Crippen LogP) is 0.699. The van der Waals surface area contributed by atoms with Crippen LogP contribution in [0.25, 0.3) is 6.08 Å². The van der Waals surface area contributed by atoms with Crippen LogP contribution in [0.15, 0.2) is 46.7 Å². The maximum absolute atomic E-state index is 12.7. The van der Waals surface area contributed by atoms with E-state index in [9.17, 15) is 9.59 Å². The Morgan fingerprint density at radius 2 is 1.93 bits per heavy atom. The Bertz CT molecular complexity index is 868. The first-order chi connectivity index (χ1) is 14.0. The third kappa shape index (κ3) is 6.04. The number of aryl methyl sites for hydroxylation is 2. The molecule has 0 bridgehead atoms. The zero-order chi connectivity index (χ0) is 20.6. The van der Waals surface area contributed by atoms with E-state index in [0.29, 0.717) is 17.9 Å². The molecule has 1 aliphatic heterocycles. The molecule has 154 valence electrons. The second kappa shape index (κ2) is 10.0. The van der Waals surface area contributed by atoms with Crippen LogP contribution in [0.5, 0.6) is 0 Å². The molecular formula is C22H28N3O4+. The van der Waals surface area contributed by atoms with Gasteiger partial charge >= 0.3 is 0 Å². The van der Waals surface area contributed by atoms with Crippen LogP contribution in [-0.4, -0.2) is 51.2 Å². The standard InChI is InChI=1S/C22H27N3O4/c1-16-5-6-18(14-17(16)2)21(26)24-20(15-19-4-3-11-29-19)22(27)23-7-8-25-9-12-28-13-10-25/h3-6,11,14-15H,7-10,12-13H2,1-2H3,(H,23,27)(H,24,26)/p+1/b20-15+. The van der Waals surface area contributed by atoms with Crippen LogP contribution in [-0.2, 0) is 9.53 Å². The fraction of sp³-hybridized carbons (Fsp3) is 0.364. The van der Waals surface area contributed by atoms with Crippen LogP contribution in [0.1, 0.15) is 27.2 Å². The van der Waals surface area contributed by atoms with E-state index in [4.69, 9.17) is 9.15 Å². The lowest BCUT2D eigenvalue weighted by Gasteiger charge is -2.23. The van der Waals surface area contributed by atoms with Crippen molar-refractivity contribution < 1.29 is 23.6 Å². The molecule has 1 aliphatic rings. The number of benzene rings is 1. The Balaban J connectivity index is 1.66. The van der Waals surface area contributed by atoms with Crippen molar-refractivity contribution in [2.24, 2.45) is 0 Å². The number of carbonyl (C=O) groups is 2. The number of hydrogen-bond acceptors (Lipinski definition) is 4. The highest BCUT2D eigenvalue weighted by atomic mass is 16.5. The summed E-state index contributed by atoms with van der Waals surface area (Å²) in [6.45, 7) is 8.65. The summed E-state index contributed by atoms with van der Waals surface area (Å²) in [5, 5.41) is 5.62. The van der Waals surface area contributed by atoms with Crippen LogP contribution >= 0.6 is 0 Å². The van der Waals surface area contributed by atoms with E-state index in [1.165, 1.54) is 17.2 Å². The largest absolute Gasteiger partial charge is 0.465 e. The zero-order valence-electron chi connectivity index (χ0n) is 16.9. The van der Waals surface area contributed by atoms with Gasteiger partial charge in [0.05, 0.1) is 32.6 Å². The lowest BCUT2D eigenvalue weighted by Crippen LogP contribution is -3.14. The van der Waals surface area contributed by atoms with Gasteiger partial charge in [0, 0.05) is 11.6 Å². The Hall–Kier alpha value is -2.90. The molecule has 29 heavy (non-hydrogen) atoms. The van der Waals surface area contributed by atoms with E-state index >= 15 is 0 Å². The van der Waals surface area contributed by atoms with Crippen LogP contribution in [0, 0.1) is 13.8 Å². The number of furan rings is 1. The Morgan fingerprint density at radius 1 is 1.14 bits per heavy atom. The molecule has 7 nitrogen and oxygen atoms in total. The van der Waals surface area contributed by atoms with Crippen LogP contribution < -0.4 is 15.5 Å². The molecule has 1 fully saturated rings. The highest BCUT2D eigenvalue weighted by Crippen LogP contribution is 2.11. The van der Waals surface area contributed by atoms with E-state index in [1.54, 1.807) is 18.2 Å². The van der Waals surface area contributed by atoms with Crippen LogP contribution in [0.2, 0.25) is 0 Å². The normalized spacial score (nSPS) is 15.2. The fourth-order valence-electron chi connectivity index (χ4n) is 3.11. The van der Waals surface area contributed by atoms with Crippen molar-refractivity contribution in [1.82, 2.24) is 10.6 Å². The maximum atomic E-state index is 12.7. The number of rotatable bonds is 7.